The van der Waals surface area contributed by atoms with Crippen LogP contribution in [0.25, 0.3) is 0 Å². The van der Waals surface area contributed by atoms with Crippen molar-refractivity contribution in [3.05, 3.63) is 102 Å². The maximum absolute atomic E-state index is 13.9. The summed E-state index contributed by atoms with van der Waals surface area (Å²) in [6.45, 7) is 5.23. The van der Waals surface area contributed by atoms with Crippen molar-refractivity contribution in [2.45, 2.75) is 38.3 Å². The second-order valence-corrected chi connectivity index (χ2v) is 10.3. The molecule has 3 amide bonds. The predicted molar refractivity (Wildman–Crippen MR) is 148 cm³/mol. The van der Waals surface area contributed by atoms with Gasteiger partial charge in [-0.05, 0) is 56.5 Å². The van der Waals surface area contributed by atoms with E-state index in [1.165, 1.54) is 0 Å². The molecule has 2 aliphatic rings. The number of hydrogen-bond donors (Lipinski definition) is 1. The van der Waals surface area contributed by atoms with Gasteiger partial charge in [-0.3, -0.25) is 14.4 Å². The van der Waals surface area contributed by atoms with Crippen LogP contribution in [0.5, 0.6) is 0 Å². The van der Waals surface area contributed by atoms with E-state index in [1.54, 1.807) is 4.90 Å². The molecule has 0 aromatic heterocycles. The van der Waals surface area contributed by atoms with Gasteiger partial charge in [0.1, 0.15) is 12.1 Å². The van der Waals surface area contributed by atoms with E-state index in [9.17, 15) is 14.4 Å². The van der Waals surface area contributed by atoms with Gasteiger partial charge in [-0.25, -0.2) is 0 Å². The summed E-state index contributed by atoms with van der Waals surface area (Å²) in [5, 5.41) is 3.03. The zero-order chi connectivity index (χ0) is 26.7. The van der Waals surface area contributed by atoms with E-state index < -0.39 is 5.54 Å². The Morgan fingerprint density at radius 3 is 2.13 bits per heavy atom. The molecule has 0 radical (unpaired) electrons. The second kappa shape index (κ2) is 10.7. The maximum Gasteiger partial charge on any atom is 0.253 e. The lowest BCUT2D eigenvalue weighted by atomic mass is 9.85. The average Bonchev–Trinajstić information content (AvgIpc) is 3.20. The summed E-state index contributed by atoms with van der Waals surface area (Å²) < 4.78 is 0. The number of para-hydroxylation sites is 1. The molecule has 196 valence electrons. The van der Waals surface area contributed by atoms with E-state index in [0.717, 1.165) is 16.8 Å². The first kappa shape index (κ1) is 25.5. The summed E-state index contributed by atoms with van der Waals surface area (Å²) in [5.74, 6) is -0.249. The van der Waals surface area contributed by atoms with Gasteiger partial charge in [0.25, 0.3) is 11.8 Å². The predicted octanol–water partition coefficient (Wildman–Crippen LogP) is 4.15. The third-order valence-electron chi connectivity index (χ3n) is 7.77. The number of piperidine rings is 1. The Morgan fingerprint density at radius 2 is 1.50 bits per heavy atom. The summed E-state index contributed by atoms with van der Waals surface area (Å²) in [7, 11) is 0. The summed E-state index contributed by atoms with van der Waals surface area (Å²) >= 11 is 0. The normalized spacial score (nSPS) is 17.5. The highest BCUT2D eigenvalue weighted by atomic mass is 16.2. The van der Waals surface area contributed by atoms with Crippen molar-refractivity contribution in [2.75, 3.05) is 31.2 Å². The number of aryl methyl sites for hydroxylation is 1. The average molecular weight is 511 g/mol. The fourth-order valence-electron chi connectivity index (χ4n) is 5.57. The Labute approximate surface area is 224 Å². The summed E-state index contributed by atoms with van der Waals surface area (Å²) in [6.07, 6.45) is 1.02. The lowest BCUT2D eigenvalue weighted by molar-refractivity contribution is -0.137. The van der Waals surface area contributed by atoms with Crippen molar-refractivity contribution < 1.29 is 14.4 Å². The Balaban J connectivity index is 1.31. The SMILES string of the molecule is Cc1ccc(C(=O)N2CCC3(CC2)C(=O)N(CC(=O)N[C@H](C)c2ccccc2)CN3c2ccccc2)cc1. The highest BCUT2D eigenvalue weighted by Crippen LogP contribution is 2.39. The van der Waals surface area contributed by atoms with E-state index in [-0.39, 0.29) is 30.3 Å². The number of benzene rings is 3. The van der Waals surface area contributed by atoms with Crippen molar-refractivity contribution in [3.8, 4) is 0 Å². The number of rotatable bonds is 6. The minimum atomic E-state index is -0.781. The molecule has 1 atom stereocenters. The van der Waals surface area contributed by atoms with Crippen LogP contribution < -0.4 is 10.2 Å². The molecule has 0 saturated carbocycles. The molecule has 0 unspecified atom stereocenters. The smallest absolute Gasteiger partial charge is 0.253 e. The van der Waals surface area contributed by atoms with Crippen LogP contribution in [0.4, 0.5) is 5.69 Å². The van der Waals surface area contributed by atoms with Crippen LogP contribution in [0.1, 0.15) is 47.3 Å². The fraction of sp³-hybridized carbons (Fsp3) is 0.323. The van der Waals surface area contributed by atoms with Gasteiger partial charge in [-0.2, -0.15) is 0 Å². The first-order chi connectivity index (χ1) is 18.4. The van der Waals surface area contributed by atoms with E-state index in [1.807, 2.05) is 104 Å². The topological polar surface area (TPSA) is 73.0 Å². The molecule has 38 heavy (non-hydrogen) atoms. The lowest BCUT2D eigenvalue weighted by Gasteiger charge is -2.43. The minimum Gasteiger partial charge on any atom is -0.348 e. The van der Waals surface area contributed by atoms with Crippen LogP contribution in [0, 0.1) is 6.92 Å². The first-order valence-corrected chi connectivity index (χ1v) is 13.2. The number of carbonyl (C=O) groups excluding carboxylic acids is 3. The molecule has 7 heteroatoms. The van der Waals surface area contributed by atoms with Gasteiger partial charge < -0.3 is 20.0 Å². The molecule has 2 saturated heterocycles. The summed E-state index contributed by atoms with van der Waals surface area (Å²) in [6, 6.07) is 27.1. The van der Waals surface area contributed by atoms with Gasteiger partial charge in [0.05, 0.1) is 12.7 Å². The van der Waals surface area contributed by atoms with Gasteiger partial charge in [-0.15, -0.1) is 0 Å². The standard InChI is InChI=1S/C31H34N4O3/c1-23-13-15-26(16-14-23)29(37)33-19-17-31(18-20-33)30(38)34(22-35(31)27-11-7-4-8-12-27)21-28(36)32-24(2)25-9-5-3-6-10-25/h3-16,24H,17-22H2,1-2H3,(H,32,36)/t24-/m1/s1. The van der Waals surface area contributed by atoms with Crippen molar-refractivity contribution in [3.63, 3.8) is 0 Å². The largest absolute Gasteiger partial charge is 0.348 e. The summed E-state index contributed by atoms with van der Waals surface area (Å²) in [4.78, 5) is 45.7. The molecule has 1 spiro atoms. The van der Waals surface area contributed by atoms with Gasteiger partial charge in [0, 0.05) is 24.3 Å². The third-order valence-corrected chi connectivity index (χ3v) is 7.77. The Morgan fingerprint density at radius 1 is 0.895 bits per heavy atom. The monoisotopic (exact) mass is 510 g/mol. The zero-order valence-electron chi connectivity index (χ0n) is 22.0. The van der Waals surface area contributed by atoms with Crippen LogP contribution in [0.3, 0.4) is 0 Å². The molecule has 3 aromatic carbocycles. The number of nitrogens with one attached hydrogen (secondary N) is 1. The molecular weight excluding hydrogens is 476 g/mol. The van der Waals surface area contributed by atoms with Crippen molar-refractivity contribution in [2.24, 2.45) is 0 Å². The van der Waals surface area contributed by atoms with E-state index in [4.69, 9.17) is 0 Å². The van der Waals surface area contributed by atoms with Crippen molar-refractivity contribution >= 4 is 23.4 Å². The van der Waals surface area contributed by atoms with Gasteiger partial charge in [-0.1, -0.05) is 66.2 Å². The molecule has 2 fully saturated rings. The number of carbonyl (C=O) groups is 3. The fourth-order valence-corrected chi connectivity index (χ4v) is 5.57. The van der Waals surface area contributed by atoms with E-state index >= 15 is 0 Å². The Hall–Kier alpha value is -4.13. The van der Waals surface area contributed by atoms with E-state index in [0.29, 0.717) is 38.2 Å². The van der Waals surface area contributed by atoms with Crippen LogP contribution >= 0.6 is 0 Å². The molecule has 7 nitrogen and oxygen atoms in total. The van der Waals surface area contributed by atoms with E-state index in [2.05, 4.69) is 10.2 Å². The quantitative estimate of drug-likeness (QED) is 0.541. The molecule has 2 aliphatic heterocycles. The van der Waals surface area contributed by atoms with Crippen molar-refractivity contribution in [1.29, 1.82) is 0 Å². The number of likely N-dealkylation sites (tertiary alicyclic amines) is 1. The number of amides is 3. The van der Waals surface area contributed by atoms with Gasteiger partial charge >= 0.3 is 0 Å². The Bertz CT molecular complexity index is 1290. The Kier molecular flexibility index (Phi) is 7.18. The van der Waals surface area contributed by atoms with Gasteiger partial charge in [0.2, 0.25) is 5.91 Å². The first-order valence-electron chi connectivity index (χ1n) is 13.2. The third kappa shape index (κ3) is 5.01. The molecule has 2 heterocycles. The molecule has 3 aromatic rings. The van der Waals surface area contributed by atoms with Crippen LogP contribution in [-0.2, 0) is 9.59 Å². The number of anilines is 1. The zero-order valence-corrected chi connectivity index (χ0v) is 22.0. The number of nitrogens with zero attached hydrogens (tertiary/aromatic N) is 3. The molecule has 0 aliphatic carbocycles. The highest BCUT2D eigenvalue weighted by Gasteiger charge is 2.54. The number of hydrogen-bond acceptors (Lipinski definition) is 4. The molecule has 1 N–H and O–H groups in total. The van der Waals surface area contributed by atoms with Crippen LogP contribution in [0.15, 0.2) is 84.9 Å². The second-order valence-electron chi connectivity index (χ2n) is 10.3. The van der Waals surface area contributed by atoms with Gasteiger partial charge in [0.15, 0.2) is 0 Å². The van der Waals surface area contributed by atoms with Crippen LogP contribution in [-0.4, -0.2) is 59.4 Å². The summed E-state index contributed by atoms with van der Waals surface area (Å²) in [5.41, 5.74) is 2.95. The van der Waals surface area contributed by atoms with Crippen molar-refractivity contribution in [1.82, 2.24) is 15.1 Å². The lowest BCUT2D eigenvalue weighted by Crippen LogP contribution is -2.57. The molecule has 0 bridgehead atoms. The molecular formula is C31H34N4O3. The van der Waals surface area contributed by atoms with Crippen LogP contribution in [0.2, 0.25) is 0 Å². The minimum absolute atomic E-state index is 0.00684. The molecule has 5 rings (SSSR count). The maximum atomic E-state index is 13.9. The highest BCUT2D eigenvalue weighted by molar-refractivity contribution is 5.97.